The summed E-state index contributed by atoms with van der Waals surface area (Å²) in [6.45, 7) is 4.41. The van der Waals surface area contributed by atoms with Crippen molar-refractivity contribution in [1.29, 1.82) is 0 Å². The van der Waals surface area contributed by atoms with Gasteiger partial charge in [-0.25, -0.2) is 4.79 Å². The van der Waals surface area contributed by atoms with E-state index in [0.717, 1.165) is 47.5 Å². The smallest absolute Gasteiger partial charge is 0.399 e. The molecule has 6 nitrogen and oxygen atoms in total. The van der Waals surface area contributed by atoms with E-state index in [9.17, 15) is 14.0 Å². The Morgan fingerprint density at radius 1 is 1.11 bits per heavy atom. The summed E-state index contributed by atoms with van der Waals surface area (Å²) in [6.07, 6.45) is 5.18. The van der Waals surface area contributed by atoms with Crippen molar-refractivity contribution in [3.8, 4) is 0 Å². The third-order valence-corrected chi connectivity index (χ3v) is 5.98. The maximum Gasteiger partial charge on any atom is 0.494 e. The highest BCUT2D eigenvalue weighted by atomic mass is 19.1. The maximum absolute atomic E-state index is 13.4. The van der Waals surface area contributed by atoms with Crippen molar-refractivity contribution in [3.05, 3.63) is 62.7 Å². The molecule has 8 heteroatoms. The lowest BCUT2D eigenvalue weighted by Gasteiger charge is -2.43. The van der Waals surface area contributed by atoms with Gasteiger partial charge in [0.25, 0.3) is 5.56 Å². The van der Waals surface area contributed by atoms with Gasteiger partial charge in [-0.15, -0.1) is 0 Å². The van der Waals surface area contributed by atoms with Crippen LogP contribution in [-0.2, 0) is 15.9 Å². The molecule has 142 valence electrons. The Labute approximate surface area is 156 Å². The molecule has 2 atom stereocenters. The van der Waals surface area contributed by atoms with Crippen LogP contribution in [-0.4, -0.2) is 27.9 Å². The van der Waals surface area contributed by atoms with Crippen LogP contribution in [0.5, 0.6) is 0 Å². The van der Waals surface area contributed by atoms with Crippen LogP contribution in [0, 0.1) is 5.82 Å². The average Bonchev–Trinajstić information content (AvgIpc) is 2.91. The van der Waals surface area contributed by atoms with Crippen LogP contribution in [0.3, 0.4) is 0 Å². The van der Waals surface area contributed by atoms with Crippen LogP contribution in [0.4, 0.5) is 4.39 Å². The fraction of sp³-hybridized carbons (Fsp3) is 0.474. The molecule has 2 fully saturated rings. The van der Waals surface area contributed by atoms with E-state index < -0.39 is 24.2 Å². The van der Waals surface area contributed by atoms with Crippen molar-refractivity contribution in [2.75, 3.05) is 0 Å². The Hall–Kier alpha value is -2.19. The number of nitrogens with zero attached hydrogens (tertiary/aromatic N) is 1. The molecule has 0 amide bonds. The van der Waals surface area contributed by atoms with Crippen molar-refractivity contribution in [2.45, 2.75) is 57.3 Å². The monoisotopic (exact) mass is 372 g/mol. The molecule has 27 heavy (non-hydrogen) atoms. The summed E-state index contributed by atoms with van der Waals surface area (Å²) < 4.78 is 27.1. The molecule has 2 unspecified atom stereocenters. The first-order valence-corrected chi connectivity index (χ1v) is 9.23. The molecule has 0 bridgehead atoms. The number of fused-ring (bicyclic) bond motifs is 1. The van der Waals surface area contributed by atoms with E-state index in [1.165, 1.54) is 0 Å². The van der Waals surface area contributed by atoms with Crippen LogP contribution in [0.2, 0.25) is 0 Å². The Morgan fingerprint density at radius 2 is 1.70 bits per heavy atom. The van der Waals surface area contributed by atoms with Crippen molar-refractivity contribution >= 4 is 12.6 Å². The van der Waals surface area contributed by atoms with E-state index in [2.05, 4.69) is 13.8 Å². The van der Waals surface area contributed by atoms with Crippen LogP contribution < -0.4 is 16.7 Å². The van der Waals surface area contributed by atoms with Gasteiger partial charge in [-0.1, -0.05) is 37.1 Å². The summed E-state index contributed by atoms with van der Waals surface area (Å²) in [7, 11) is -0.416. The molecular weight excluding hydrogens is 350 g/mol. The van der Waals surface area contributed by atoms with Crippen LogP contribution in [0.15, 0.2) is 40.1 Å². The van der Waals surface area contributed by atoms with E-state index in [1.54, 1.807) is 0 Å². The van der Waals surface area contributed by atoms with E-state index in [-0.39, 0.29) is 17.7 Å². The fourth-order valence-electron chi connectivity index (χ4n) is 4.03. The Morgan fingerprint density at radius 3 is 2.30 bits per heavy atom. The highest BCUT2D eigenvalue weighted by Gasteiger charge is 2.57. The molecule has 1 aliphatic carbocycles. The van der Waals surface area contributed by atoms with E-state index in [4.69, 9.17) is 9.31 Å². The van der Waals surface area contributed by atoms with Gasteiger partial charge in [0.2, 0.25) is 5.82 Å². The molecule has 1 saturated heterocycles. The molecule has 1 aliphatic heterocycles. The predicted molar refractivity (Wildman–Crippen MR) is 99.7 cm³/mol. The summed E-state index contributed by atoms with van der Waals surface area (Å²) in [5.41, 5.74) is -0.496. The zero-order chi connectivity index (χ0) is 19.2. The largest absolute Gasteiger partial charge is 0.494 e. The Balaban J connectivity index is 1.53. The molecule has 1 saturated carbocycles. The average molecular weight is 372 g/mol. The standard InChI is InChI=1S/C19H22BFN2O4/c1-18-9-3-4-10-19(18,2)27-20(26-18)14-7-5-13(6-8-14)11-23-12-15(21)16(24)22-17(23)25/h5-8,12H,3-4,9-11H2,1-2H3,(H,22,24,25). The van der Waals surface area contributed by atoms with Crippen molar-refractivity contribution in [3.63, 3.8) is 0 Å². The molecule has 0 spiro atoms. The third-order valence-electron chi connectivity index (χ3n) is 5.98. The second-order valence-corrected chi connectivity index (χ2v) is 7.84. The first kappa shape index (κ1) is 18.2. The summed E-state index contributed by atoms with van der Waals surface area (Å²) in [6, 6.07) is 7.50. The first-order chi connectivity index (χ1) is 12.8. The number of halogens is 1. The minimum atomic E-state index is -1.01. The quantitative estimate of drug-likeness (QED) is 0.830. The molecule has 2 heterocycles. The fourth-order valence-corrected chi connectivity index (χ4v) is 4.03. The van der Waals surface area contributed by atoms with E-state index in [1.807, 2.05) is 29.2 Å². The first-order valence-electron chi connectivity index (χ1n) is 9.23. The number of H-pyrrole nitrogens is 1. The lowest BCUT2D eigenvalue weighted by atomic mass is 9.74. The lowest BCUT2D eigenvalue weighted by Crippen LogP contribution is -2.49. The number of aromatic nitrogens is 2. The van der Waals surface area contributed by atoms with Crippen LogP contribution >= 0.6 is 0 Å². The number of hydrogen-bond donors (Lipinski definition) is 1. The van der Waals surface area contributed by atoms with Gasteiger partial charge in [0.15, 0.2) is 0 Å². The van der Waals surface area contributed by atoms with Crippen molar-refractivity contribution in [2.24, 2.45) is 0 Å². The number of nitrogens with one attached hydrogen (secondary N) is 1. The minimum Gasteiger partial charge on any atom is -0.399 e. The molecule has 2 aromatic rings. The highest BCUT2D eigenvalue weighted by molar-refractivity contribution is 6.62. The Bertz CT molecular complexity index is 953. The van der Waals surface area contributed by atoms with Crippen LogP contribution in [0.25, 0.3) is 0 Å². The molecule has 1 aromatic heterocycles. The second kappa shape index (κ2) is 6.46. The molecule has 0 radical (unpaired) electrons. The number of rotatable bonds is 3. The summed E-state index contributed by atoms with van der Waals surface area (Å²) >= 11 is 0. The molecule has 4 rings (SSSR count). The van der Waals surface area contributed by atoms with Crippen molar-refractivity contribution in [1.82, 2.24) is 9.55 Å². The number of hydrogen-bond acceptors (Lipinski definition) is 4. The zero-order valence-corrected chi connectivity index (χ0v) is 15.5. The summed E-state index contributed by atoms with van der Waals surface area (Å²) in [5.74, 6) is -0.983. The highest BCUT2D eigenvalue weighted by Crippen LogP contribution is 2.47. The van der Waals surface area contributed by atoms with Gasteiger partial charge in [0.05, 0.1) is 23.9 Å². The van der Waals surface area contributed by atoms with Gasteiger partial charge >= 0.3 is 12.8 Å². The van der Waals surface area contributed by atoms with Crippen LogP contribution in [0.1, 0.15) is 45.1 Å². The molecular formula is C19H22BFN2O4. The van der Waals surface area contributed by atoms with Gasteiger partial charge in [0, 0.05) is 0 Å². The number of benzene rings is 1. The SMILES string of the molecule is CC12CCCCC1(C)OB(c1ccc(Cn3cc(F)c(=O)[nH]c3=O)cc1)O2. The minimum absolute atomic E-state index is 0.161. The molecule has 2 aliphatic rings. The van der Waals surface area contributed by atoms with Gasteiger partial charge in [-0.3, -0.25) is 14.3 Å². The zero-order valence-electron chi connectivity index (χ0n) is 15.5. The van der Waals surface area contributed by atoms with Gasteiger partial charge in [-0.05, 0) is 37.7 Å². The normalized spacial score (nSPS) is 27.6. The van der Waals surface area contributed by atoms with E-state index in [0.29, 0.717) is 0 Å². The van der Waals surface area contributed by atoms with Gasteiger partial charge in [0.1, 0.15) is 0 Å². The predicted octanol–water partition coefficient (Wildman–Crippen LogP) is 1.56. The third kappa shape index (κ3) is 3.17. The maximum atomic E-state index is 13.4. The lowest BCUT2D eigenvalue weighted by molar-refractivity contribution is -0.0556. The van der Waals surface area contributed by atoms with Gasteiger partial charge in [-0.2, -0.15) is 4.39 Å². The van der Waals surface area contributed by atoms with Gasteiger partial charge < -0.3 is 9.31 Å². The van der Waals surface area contributed by atoms with Crippen molar-refractivity contribution < 1.29 is 13.7 Å². The topological polar surface area (TPSA) is 73.3 Å². The summed E-state index contributed by atoms with van der Waals surface area (Å²) in [5, 5.41) is 0. The molecule has 1 N–H and O–H groups in total. The number of aromatic amines is 1. The summed E-state index contributed by atoms with van der Waals surface area (Å²) in [4.78, 5) is 24.9. The van der Waals surface area contributed by atoms with E-state index >= 15 is 0 Å². The second-order valence-electron chi connectivity index (χ2n) is 7.84. The molecule has 1 aromatic carbocycles. The Kier molecular flexibility index (Phi) is 4.35.